The van der Waals surface area contributed by atoms with Crippen LogP contribution in [-0.4, -0.2) is 25.6 Å². The molecule has 2 N–H and O–H groups in total. The molecule has 1 aromatic rings. The average molecular weight is 299 g/mol. The lowest BCUT2D eigenvalue weighted by atomic mass is 10.2. The van der Waals surface area contributed by atoms with Crippen molar-refractivity contribution in [2.45, 2.75) is 39.3 Å². The molecule has 1 rings (SSSR count). The molecule has 0 aliphatic carbocycles. The Morgan fingerprint density at radius 3 is 2.80 bits per heavy atom. The van der Waals surface area contributed by atoms with Crippen molar-refractivity contribution < 1.29 is 9.53 Å². The number of para-hydroxylation sites is 1. The van der Waals surface area contributed by atoms with Gasteiger partial charge in [0.1, 0.15) is 5.75 Å². The van der Waals surface area contributed by atoms with Gasteiger partial charge in [-0.1, -0.05) is 37.6 Å². The maximum Gasteiger partial charge on any atom is 0.219 e. The number of hydrogen-bond donors (Lipinski definition) is 2. The quantitative estimate of drug-likeness (QED) is 0.726. The summed E-state index contributed by atoms with van der Waals surface area (Å²) in [6.45, 7) is 5.37. The Hall–Kier alpha value is -1.26. The molecule has 0 unspecified atom stereocenters. The minimum absolute atomic E-state index is 0.0226. The van der Waals surface area contributed by atoms with Crippen LogP contribution in [0.25, 0.3) is 0 Å². The first-order chi connectivity index (χ1) is 9.54. The van der Waals surface area contributed by atoms with Crippen LogP contribution >= 0.6 is 11.6 Å². The maximum atomic E-state index is 11.1. The van der Waals surface area contributed by atoms with Gasteiger partial charge in [-0.3, -0.25) is 4.79 Å². The molecule has 0 heterocycles. The van der Waals surface area contributed by atoms with Crippen LogP contribution in [0.15, 0.2) is 18.2 Å². The third-order valence-electron chi connectivity index (χ3n) is 2.82. The molecule has 0 spiro atoms. The minimum Gasteiger partial charge on any atom is -0.492 e. The molecule has 0 radical (unpaired) electrons. The zero-order valence-electron chi connectivity index (χ0n) is 12.3. The summed E-state index contributed by atoms with van der Waals surface area (Å²) in [4.78, 5) is 11.1. The predicted molar refractivity (Wildman–Crippen MR) is 82.2 cm³/mol. The lowest BCUT2D eigenvalue weighted by Gasteiger charge is -2.15. The molecular formula is C15H23ClN2O2. The number of halogens is 1. The van der Waals surface area contributed by atoms with Crippen molar-refractivity contribution in [2.24, 2.45) is 0 Å². The summed E-state index contributed by atoms with van der Waals surface area (Å²) in [6, 6.07) is 6.12. The van der Waals surface area contributed by atoms with E-state index in [4.69, 9.17) is 16.3 Å². The first-order valence-electron chi connectivity index (χ1n) is 6.88. The molecule has 4 nitrogen and oxygen atoms in total. The molecule has 0 aliphatic heterocycles. The van der Waals surface area contributed by atoms with Gasteiger partial charge in [-0.15, -0.1) is 0 Å². The highest BCUT2D eigenvalue weighted by Gasteiger charge is 2.09. The molecule has 0 saturated heterocycles. The van der Waals surface area contributed by atoms with Crippen LogP contribution in [-0.2, 0) is 11.3 Å². The molecule has 0 saturated carbocycles. The van der Waals surface area contributed by atoms with Crippen LogP contribution < -0.4 is 15.4 Å². The number of nitrogens with one attached hydrogen (secondary N) is 2. The number of hydrogen-bond acceptors (Lipinski definition) is 3. The second kappa shape index (κ2) is 8.82. The third kappa shape index (κ3) is 5.80. The highest BCUT2D eigenvalue weighted by molar-refractivity contribution is 6.32. The van der Waals surface area contributed by atoms with Gasteiger partial charge in [0.15, 0.2) is 0 Å². The Morgan fingerprint density at radius 2 is 2.15 bits per heavy atom. The van der Waals surface area contributed by atoms with Crippen molar-refractivity contribution in [1.29, 1.82) is 0 Å². The number of carbonyl (C=O) groups is 1. The van der Waals surface area contributed by atoms with Gasteiger partial charge in [-0.2, -0.15) is 0 Å². The Balaban J connectivity index is 2.56. The standard InChI is InChI=1S/C15H23ClN2O2/c1-11(2)18-10-12-6-4-7-13(16)15(12)20-9-5-8-14(19)17-3/h4,6-7,11,18H,5,8-10H2,1-3H3,(H,17,19). The number of ether oxygens (including phenoxy) is 1. The highest BCUT2D eigenvalue weighted by atomic mass is 35.5. The lowest BCUT2D eigenvalue weighted by Crippen LogP contribution is -2.22. The third-order valence-corrected chi connectivity index (χ3v) is 3.12. The smallest absolute Gasteiger partial charge is 0.219 e. The molecule has 1 amide bonds. The van der Waals surface area contributed by atoms with Gasteiger partial charge < -0.3 is 15.4 Å². The Kier molecular flexibility index (Phi) is 7.41. The van der Waals surface area contributed by atoms with E-state index in [-0.39, 0.29) is 5.91 Å². The fourth-order valence-corrected chi connectivity index (χ4v) is 1.95. The molecule has 5 heteroatoms. The van der Waals surface area contributed by atoms with Crippen LogP contribution in [0.5, 0.6) is 5.75 Å². The minimum atomic E-state index is 0.0226. The van der Waals surface area contributed by atoms with Crippen LogP contribution in [0.2, 0.25) is 5.02 Å². The summed E-state index contributed by atoms with van der Waals surface area (Å²) >= 11 is 6.18. The second-order valence-electron chi connectivity index (χ2n) is 4.89. The summed E-state index contributed by atoms with van der Waals surface area (Å²) in [5, 5.41) is 6.54. The average Bonchev–Trinajstić information content (AvgIpc) is 2.42. The summed E-state index contributed by atoms with van der Waals surface area (Å²) in [5.41, 5.74) is 1.03. The van der Waals surface area contributed by atoms with E-state index < -0.39 is 0 Å². The maximum absolute atomic E-state index is 11.1. The summed E-state index contributed by atoms with van der Waals surface area (Å²) in [6.07, 6.45) is 1.13. The van der Waals surface area contributed by atoms with Crippen molar-refractivity contribution in [3.05, 3.63) is 28.8 Å². The van der Waals surface area contributed by atoms with E-state index in [1.165, 1.54) is 0 Å². The van der Waals surface area contributed by atoms with Crippen molar-refractivity contribution >= 4 is 17.5 Å². The molecule has 0 fully saturated rings. The van der Waals surface area contributed by atoms with Crippen LogP contribution in [0, 0.1) is 0 Å². The van der Waals surface area contributed by atoms with Gasteiger partial charge in [0.2, 0.25) is 5.91 Å². The fraction of sp³-hybridized carbons (Fsp3) is 0.533. The lowest BCUT2D eigenvalue weighted by molar-refractivity contribution is -0.120. The van der Waals surface area contributed by atoms with Crippen molar-refractivity contribution in [3.8, 4) is 5.75 Å². The number of benzene rings is 1. The van der Waals surface area contributed by atoms with Crippen LogP contribution in [0.3, 0.4) is 0 Å². The molecule has 0 bridgehead atoms. The van der Waals surface area contributed by atoms with Gasteiger partial charge in [0, 0.05) is 31.6 Å². The SMILES string of the molecule is CNC(=O)CCCOc1c(Cl)cccc1CNC(C)C. The molecule has 0 aliphatic rings. The fourth-order valence-electron chi connectivity index (χ4n) is 1.70. The molecule has 0 atom stereocenters. The van der Waals surface area contributed by atoms with Crippen LogP contribution in [0.1, 0.15) is 32.3 Å². The van der Waals surface area contributed by atoms with E-state index in [2.05, 4.69) is 24.5 Å². The highest BCUT2D eigenvalue weighted by Crippen LogP contribution is 2.28. The van der Waals surface area contributed by atoms with Gasteiger partial charge in [-0.05, 0) is 12.5 Å². The van der Waals surface area contributed by atoms with Crippen molar-refractivity contribution in [3.63, 3.8) is 0 Å². The van der Waals surface area contributed by atoms with Gasteiger partial charge in [-0.25, -0.2) is 0 Å². The normalized spacial score (nSPS) is 10.7. The number of carbonyl (C=O) groups excluding carboxylic acids is 1. The van der Waals surface area contributed by atoms with Gasteiger partial charge in [0.05, 0.1) is 11.6 Å². The van der Waals surface area contributed by atoms with E-state index in [1.807, 2.05) is 18.2 Å². The summed E-state index contributed by atoms with van der Waals surface area (Å²) < 4.78 is 5.74. The van der Waals surface area contributed by atoms with E-state index >= 15 is 0 Å². The molecule has 1 aromatic carbocycles. The van der Waals surface area contributed by atoms with E-state index in [0.29, 0.717) is 42.8 Å². The molecular weight excluding hydrogens is 276 g/mol. The van der Waals surface area contributed by atoms with E-state index in [1.54, 1.807) is 7.05 Å². The van der Waals surface area contributed by atoms with Gasteiger partial charge >= 0.3 is 0 Å². The number of amides is 1. The predicted octanol–water partition coefficient (Wildman–Crippen LogP) is 2.74. The Labute approximate surface area is 125 Å². The molecule has 0 aromatic heterocycles. The monoisotopic (exact) mass is 298 g/mol. The van der Waals surface area contributed by atoms with Crippen molar-refractivity contribution in [2.75, 3.05) is 13.7 Å². The summed E-state index contributed by atoms with van der Waals surface area (Å²) in [5.74, 6) is 0.730. The van der Waals surface area contributed by atoms with Gasteiger partial charge in [0.25, 0.3) is 0 Å². The van der Waals surface area contributed by atoms with E-state index in [9.17, 15) is 4.79 Å². The Bertz CT molecular complexity index is 436. The zero-order chi connectivity index (χ0) is 15.0. The largest absolute Gasteiger partial charge is 0.492 e. The first-order valence-corrected chi connectivity index (χ1v) is 7.26. The first kappa shape index (κ1) is 16.8. The zero-order valence-corrected chi connectivity index (χ0v) is 13.1. The second-order valence-corrected chi connectivity index (χ2v) is 5.30. The summed E-state index contributed by atoms with van der Waals surface area (Å²) in [7, 11) is 1.63. The Morgan fingerprint density at radius 1 is 1.40 bits per heavy atom. The molecule has 112 valence electrons. The van der Waals surface area contributed by atoms with Crippen LogP contribution in [0.4, 0.5) is 0 Å². The van der Waals surface area contributed by atoms with E-state index in [0.717, 1.165) is 5.56 Å². The molecule has 20 heavy (non-hydrogen) atoms. The topological polar surface area (TPSA) is 50.4 Å². The van der Waals surface area contributed by atoms with Crippen molar-refractivity contribution in [1.82, 2.24) is 10.6 Å². The number of rotatable bonds is 8.